The van der Waals surface area contributed by atoms with E-state index in [-0.39, 0.29) is 0 Å². The number of benzene rings is 1. The molecule has 0 bridgehead atoms. The first kappa shape index (κ1) is 12.5. The molecule has 0 amide bonds. The zero-order chi connectivity index (χ0) is 12.3. The van der Waals surface area contributed by atoms with Crippen molar-refractivity contribution >= 4 is 23.4 Å². The standard InChI is InChI=1S/C14H14ClNS/c1-3-17-13-7-5-4-6-11(13)14-12(15)8-10(2)9-16-14/h4-9H,3H2,1-2H3. The summed E-state index contributed by atoms with van der Waals surface area (Å²) in [6, 6.07) is 10.2. The minimum Gasteiger partial charge on any atom is -0.254 e. The fourth-order valence-electron chi connectivity index (χ4n) is 1.68. The van der Waals surface area contributed by atoms with Crippen molar-refractivity contribution in [3.05, 3.63) is 47.1 Å². The van der Waals surface area contributed by atoms with Crippen LogP contribution in [-0.4, -0.2) is 10.7 Å². The number of hydrogen-bond donors (Lipinski definition) is 0. The zero-order valence-corrected chi connectivity index (χ0v) is 11.5. The van der Waals surface area contributed by atoms with E-state index in [0.29, 0.717) is 5.02 Å². The van der Waals surface area contributed by atoms with Crippen molar-refractivity contribution in [2.45, 2.75) is 18.7 Å². The number of thioether (sulfide) groups is 1. The summed E-state index contributed by atoms with van der Waals surface area (Å²) < 4.78 is 0. The van der Waals surface area contributed by atoms with Crippen LogP contribution in [0.15, 0.2) is 41.4 Å². The summed E-state index contributed by atoms with van der Waals surface area (Å²) >= 11 is 8.08. The van der Waals surface area contributed by atoms with Crippen LogP contribution in [0.3, 0.4) is 0 Å². The van der Waals surface area contributed by atoms with Gasteiger partial charge in [0, 0.05) is 16.7 Å². The lowest BCUT2D eigenvalue weighted by atomic mass is 10.1. The van der Waals surface area contributed by atoms with Crippen LogP contribution in [0, 0.1) is 6.92 Å². The average molecular weight is 264 g/mol. The van der Waals surface area contributed by atoms with Gasteiger partial charge in [-0.15, -0.1) is 11.8 Å². The van der Waals surface area contributed by atoms with E-state index in [1.807, 2.05) is 43.1 Å². The van der Waals surface area contributed by atoms with Crippen LogP contribution in [0.2, 0.25) is 5.02 Å². The summed E-state index contributed by atoms with van der Waals surface area (Å²) in [6.07, 6.45) is 1.86. The Labute approximate surface area is 111 Å². The fraction of sp³-hybridized carbons (Fsp3) is 0.214. The minimum absolute atomic E-state index is 0.717. The first-order valence-corrected chi connectivity index (χ1v) is 6.93. The van der Waals surface area contributed by atoms with Gasteiger partial charge in [-0.3, -0.25) is 4.98 Å². The van der Waals surface area contributed by atoms with E-state index in [9.17, 15) is 0 Å². The smallest absolute Gasteiger partial charge is 0.0899 e. The normalized spacial score (nSPS) is 10.5. The Morgan fingerprint density at radius 1 is 1.29 bits per heavy atom. The number of hydrogen-bond acceptors (Lipinski definition) is 2. The average Bonchev–Trinajstić information content (AvgIpc) is 2.31. The number of rotatable bonds is 3. The maximum atomic E-state index is 6.26. The van der Waals surface area contributed by atoms with Gasteiger partial charge < -0.3 is 0 Å². The molecule has 17 heavy (non-hydrogen) atoms. The van der Waals surface area contributed by atoms with Gasteiger partial charge in [0.05, 0.1) is 10.7 Å². The second-order valence-electron chi connectivity index (χ2n) is 3.77. The molecule has 0 saturated heterocycles. The first-order chi connectivity index (χ1) is 8.22. The quantitative estimate of drug-likeness (QED) is 0.736. The van der Waals surface area contributed by atoms with E-state index in [4.69, 9.17) is 11.6 Å². The van der Waals surface area contributed by atoms with Gasteiger partial charge in [-0.05, 0) is 30.4 Å². The highest BCUT2D eigenvalue weighted by Gasteiger charge is 2.09. The van der Waals surface area contributed by atoms with E-state index in [0.717, 1.165) is 22.6 Å². The Morgan fingerprint density at radius 3 is 2.76 bits per heavy atom. The molecule has 0 radical (unpaired) electrons. The van der Waals surface area contributed by atoms with Crippen molar-refractivity contribution in [1.82, 2.24) is 4.98 Å². The lowest BCUT2D eigenvalue weighted by Gasteiger charge is -2.09. The molecule has 1 heterocycles. The van der Waals surface area contributed by atoms with Gasteiger partial charge in [0.2, 0.25) is 0 Å². The number of nitrogens with zero attached hydrogens (tertiary/aromatic N) is 1. The van der Waals surface area contributed by atoms with Crippen molar-refractivity contribution in [2.24, 2.45) is 0 Å². The summed E-state index contributed by atoms with van der Waals surface area (Å²) in [4.78, 5) is 5.68. The van der Waals surface area contributed by atoms with Crippen molar-refractivity contribution in [1.29, 1.82) is 0 Å². The van der Waals surface area contributed by atoms with Crippen molar-refractivity contribution in [3.63, 3.8) is 0 Å². The molecule has 0 fully saturated rings. The molecule has 0 saturated carbocycles. The van der Waals surface area contributed by atoms with Crippen LogP contribution in [0.25, 0.3) is 11.3 Å². The summed E-state index contributed by atoms with van der Waals surface area (Å²) in [6.45, 7) is 4.14. The lowest BCUT2D eigenvalue weighted by Crippen LogP contribution is -1.89. The maximum Gasteiger partial charge on any atom is 0.0899 e. The molecule has 0 N–H and O–H groups in total. The Bertz CT molecular complexity index is 525. The monoisotopic (exact) mass is 263 g/mol. The zero-order valence-electron chi connectivity index (χ0n) is 9.90. The largest absolute Gasteiger partial charge is 0.254 e. The second-order valence-corrected chi connectivity index (χ2v) is 5.49. The van der Waals surface area contributed by atoms with Crippen LogP contribution >= 0.6 is 23.4 Å². The molecular formula is C14H14ClNS. The Kier molecular flexibility index (Phi) is 4.08. The summed E-state index contributed by atoms with van der Waals surface area (Å²) in [5, 5.41) is 0.717. The molecule has 1 aromatic carbocycles. The van der Waals surface area contributed by atoms with Crippen LogP contribution < -0.4 is 0 Å². The Morgan fingerprint density at radius 2 is 2.06 bits per heavy atom. The van der Waals surface area contributed by atoms with E-state index in [1.54, 1.807) is 0 Å². The van der Waals surface area contributed by atoms with Gasteiger partial charge in [-0.2, -0.15) is 0 Å². The molecule has 0 spiro atoms. The van der Waals surface area contributed by atoms with Gasteiger partial charge in [0.1, 0.15) is 0 Å². The number of pyridine rings is 1. The topological polar surface area (TPSA) is 12.9 Å². The van der Waals surface area contributed by atoms with Gasteiger partial charge in [0.25, 0.3) is 0 Å². The highest BCUT2D eigenvalue weighted by Crippen LogP contribution is 2.34. The van der Waals surface area contributed by atoms with E-state index >= 15 is 0 Å². The molecule has 0 unspecified atom stereocenters. The SMILES string of the molecule is CCSc1ccccc1-c1ncc(C)cc1Cl. The first-order valence-electron chi connectivity index (χ1n) is 5.56. The van der Waals surface area contributed by atoms with Crippen molar-refractivity contribution < 1.29 is 0 Å². The third kappa shape index (κ3) is 2.82. The van der Waals surface area contributed by atoms with Crippen LogP contribution in [0.5, 0.6) is 0 Å². The second kappa shape index (κ2) is 5.56. The number of aromatic nitrogens is 1. The molecule has 2 aromatic rings. The van der Waals surface area contributed by atoms with Crippen LogP contribution in [-0.2, 0) is 0 Å². The molecule has 0 aliphatic carbocycles. The Balaban J connectivity index is 2.52. The molecule has 2 rings (SSSR count). The summed E-state index contributed by atoms with van der Waals surface area (Å²) in [7, 11) is 0. The van der Waals surface area contributed by atoms with Gasteiger partial charge in [0.15, 0.2) is 0 Å². The van der Waals surface area contributed by atoms with Gasteiger partial charge in [-0.1, -0.05) is 36.7 Å². The molecular weight excluding hydrogens is 250 g/mol. The van der Waals surface area contributed by atoms with E-state index in [1.165, 1.54) is 4.90 Å². The molecule has 1 nitrogen and oxygen atoms in total. The van der Waals surface area contributed by atoms with Gasteiger partial charge >= 0.3 is 0 Å². The molecule has 0 aliphatic rings. The van der Waals surface area contributed by atoms with Crippen molar-refractivity contribution in [3.8, 4) is 11.3 Å². The maximum absolute atomic E-state index is 6.26. The van der Waals surface area contributed by atoms with E-state index < -0.39 is 0 Å². The fourth-order valence-corrected chi connectivity index (χ4v) is 2.80. The minimum atomic E-state index is 0.717. The highest BCUT2D eigenvalue weighted by atomic mass is 35.5. The third-order valence-corrected chi connectivity index (χ3v) is 3.66. The lowest BCUT2D eigenvalue weighted by molar-refractivity contribution is 1.25. The summed E-state index contributed by atoms with van der Waals surface area (Å²) in [5.74, 6) is 1.04. The van der Waals surface area contributed by atoms with E-state index in [2.05, 4.69) is 24.0 Å². The molecule has 1 aromatic heterocycles. The van der Waals surface area contributed by atoms with Crippen LogP contribution in [0.1, 0.15) is 12.5 Å². The third-order valence-electron chi connectivity index (χ3n) is 2.42. The molecule has 0 atom stereocenters. The predicted molar refractivity (Wildman–Crippen MR) is 75.8 cm³/mol. The number of halogens is 1. The number of aryl methyl sites for hydroxylation is 1. The predicted octanol–water partition coefficient (Wildman–Crippen LogP) is 4.82. The van der Waals surface area contributed by atoms with Crippen LogP contribution in [0.4, 0.5) is 0 Å². The molecule has 88 valence electrons. The Hall–Kier alpha value is -0.990. The summed E-state index contributed by atoms with van der Waals surface area (Å²) in [5.41, 5.74) is 3.07. The highest BCUT2D eigenvalue weighted by molar-refractivity contribution is 7.99. The van der Waals surface area contributed by atoms with Crippen molar-refractivity contribution in [2.75, 3.05) is 5.75 Å². The molecule has 0 aliphatic heterocycles. The molecule has 3 heteroatoms. The van der Waals surface area contributed by atoms with Gasteiger partial charge in [-0.25, -0.2) is 0 Å².